The van der Waals surface area contributed by atoms with Crippen LogP contribution in [0.5, 0.6) is 0 Å². The summed E-state index contributed by atoms with van der Waals surface area (Å²) in [5.41, 5.74) is -6.14. The Morgan fingerprint density at radius 1 is 0.792 bits per heavy atom. The van der Waals surface area contributed by atoms with Crippen molar-refractivity contribution < 1.29 is 41.4 Å². The zero-order chi connectivity index (χ0) is 18.4. The van der Waals surface area contributed by atoms with Crippen molar-refractivity contribution in [2.45, 2.75) is 49.2 Å². The summed E-state index contributed by atoms with van der Waals surface area (Å²) in [6.07, 6.45) is -11.3. The largest absolute Gasteiger partial charge is 0.418 e. The number of halogens is 6. The number of β-amino-alcohol motifs (C(OH)–C–C–N with tert-alkyl or cyclic N) is 2. The molecule has 5 nitrogen and oxygen atoms in total. The molecule has 0 aliphatic carbocycles. The Labute approximate surface area is 133 Å². The summed E-state index contributed by atoms with van der Waals surface area (Å²) in [6.45, 7) is -2.26. The average molecular weight is 364 g/mol. The number of alkyl halides is 6. The first-order valence-electron chi connectivity index (χ1n) is 7.41. The molecule has 0 aromatic rings. The Morgan fingerprint density at radius 3 is 1.42 bits per heavy atom. The van der Waals surface area contributed by atoms with Crippen molar-refractivity contribution in [1.29, 1.82) is 0 Å². The number of likely N-dealkylation sites (tertiary alicyclic amines) is 2. The van der Waals surface area contributed by atoms with E-state index in [0.717, 1.165) is 0 Å². The number of hydrogen-bond acceptors (Lipinski definition) is 3. The first-order valence-corrected chi connectivity index (χ1v) is 7.41. The van der Waals surface area contributed by atoms with Crippen LogP contribution in [0.3, 0.4) is 0 Å². The molecule has 2 aliphatic rings. The van der Waals surface area contributed by atoms with E-state index < -0.39 is 55.5 Å². The van der Waals surface area contributed by atoms with Gasteiger partial charge >= 0.3 is 18.4 Å². The van der Waals surface area contributed by atoms with E-state index in [9.17, 15) is 41.4 Å². The van der Waals surface area contributed by atoms with Crippen molar-refractivity contribution in [2.75, 3.05) is 26.2 Å². The van der Waals surface area contributed by atoms with Crippen molar-refractivity contribution >= 4 is 6.03 Å². The highest BCUT2D eigenvalue weighted by Crippen LogP contribution is 2.39. The van der Waals surface area contributed by atoms with Crippen molar-refractivity contribution in [3.63, 3.8) is 0 Å². The highest BCUT2D eigenvalue weighted by atomic mass is 19.4. The molecule has 2 aliphatic heterocycles. The fourth-order valence-corrected chi connectivity index (χ4v) is 3.06. The maximum atomic E-state index is 12.9. The van der Waals surface area contributed by atoms with Crippen LogP contribution < -0.4 is 0 Å². The lowest BCUT2D eigenvalue weighted by Gasteiger charge is -2.45. The third kappa shape index (κ3) is 3.41. The average Bonchev–Trinajstić information content (AvgIpc) is 2.44. The Balaban J connectivity index is 2.11. The second-order valence-electron chi connectivity index (χ2n) is 6.39. The third-order valence-corrected chi connectivity index (χ3v) is 4.54. The number of carbonyl (C=O) groups excluding carboxylic acids is 1. The molecule has 0 aromatic heterocycles. The van der Waals surface area contributed by atoms with Crippen LogP contribution in [0, 0.1) is 0 Å². The molecular weight excluding hydrogens is 346 g/mol. The molecule has 0 saturated carbocycles. The zero-order valence-corrected chi connectivity index (χ0v) is 12.6. The molecular formula is C13H18F6N2O3. The Kier molecular flexibility index (Phi) is 4.73. The van der Waals surface area contributed by atoms with Gasteiger partial charge in [-0.1, -0.05) is 0 Å². The van der Waals surface area contributed by atoms with Crippen molar-refractivity contribution in [1.82, 2.24) is 9.80 Å². The number of urea groups is 1. The van der Waals surface area contributed by atoms with Gasteiger partial charge in [0.1, 0.15) is 0 Å². The normalized spacial score (nSPS) is 32.8. The van der Waals surface area contributed by atoms with Crippen LogP contribution in [0.2, 0.25) is 0 Å². The van der Waals surface area contributed by atoms with Gasteiger partial charge in [-0.2, -0.15) is 26.3 Å². The Hall–Kier alpha value is -1.23. The number of rotatable bonds is 0. The van der Waals surface area contributed by atoms with Gasteiger partial charge in [-0.15, -0.1) is 0 Å². The monoisotopic (exact) mass is 364 g/mol. The zero-order valence-electron chi connectivity index (χ0n) is 12.6. The second-order valence-corrected chi connectivity index (χ2v) is 6.39. The topological polar surface area (TPSA) is 64.0 Å². The highest BCUT2D eigenvalue weighted by Gasteiger charge is 2.58. The van der Waals surface area contributed by atoms with E-state index in [1.807, 2.05) is 0 Å². The van der Waals surface area contributed by atoms with Gasteiger partial charge in [0.2, 0.25) is 0 Å². The maximum Gasteiger partial charge on any atom is 0.418 e. The molecule has 0 bridgehead atoms. The lowest BCUT2D eigenvalue weighted by molar-refractivity contribution is -0.275. The molecule has 24 heavy (non-hydrogen) atoms. The fraction of sp³-hybridized carbons (Fsp3) is 0.923. The summed E-state index contributed by atoms with van der Waals surface area (Å²) in [5.74, 6) is 0. The van der Waals surface area contributed by atoms with E-state index in [1.165, 1.54) is 0 Å². The molecule has 140 valence electrons. The van der Waals surface area contributed by atoms with Crippen LogP contribution in [0.1, 0.15) is 25.7 Å². The first-order chi connectivity index (χ1) is 10.8. The van der Waals surface area contributed by atoms with Gasteiger partial charge < -0.3 is 20.0 Å². The second kappa shape index (κ2) is 5.94. The molecule has 2 unspecified atom stereocenters. The number of amides is 2. The number of hydrogen-bond donors (Lipinski definition) is 2. The molecule has 2 heterocycles. The predicted molar refractivity (Wildman–Crippen MR) is 69.0 cm³/mol. The van der Waals surface area contributed by atoms with Gasteiger partial charge in [0.15, 0.2) is 11.2 Å². The number of carbonyl (C=O) groups is 1. The van der Waals surface area contributed by atoms with Crippen molar-refractivity contribution in [3.05, 3.63) is 0 Å². The maximum absolute atomic E-state index is 12.9. The number of aliphatic hydroxyl groups is 2. The van der Waals surface area contributed by atoms with Crippen LogP contribution in [-0.4, -0.2) is 75.8 Å². The molecule has 2 amide bonds. The molecule has 2 saturated heterocycles. The number of nitrogens with zero attached hydrogens (tertiary/aromatic N) is 2. The van der Waals surface area contributed by atoms with Gasteiger partial charge in [-0.05, 0) is 25.7 Å². The van der Waals surface area contributed by atoms with Crippen LogP contribution >= 0.6 is 0 Å². The molecule has 0 aromatic carbocycles. The summed E-state index contributed by atoms with van der Waals surface area (Å²) >= 11 is 0. The van der Waals surface area contributed by atoms with Crippen LogP contribution in [0.4, 0.5) is 31.1 Å². The van der Waals surface area contributed by atoms with Crippen LogP contribution in [0.15, 0.2) is 0 Å². The Morgan fingerprint density at radius 2 is 1.12 bits per heavy atom. The SMILES string of the molecule is O=C(N1CCCC(O)(C(F)(F)F)C1)N1CCCC(O)(C(F)(F)F)C1. The molecule has 0 radical (unpaired) electrons. The summed E-state index contributed by atoms with van der Waals surface area (Å²) in [6, 6.07) is -1.04. The minimum absolute atomic E-state index is 0.0990. The highest BCUT2D eigenvalue weighted by molar-refractivity contribution is 5.75. The molecule has 11 heteroatoms. The van der Waals surface area contributed by atoms with E-state index in [1.54, 1.807) is 0 Å². The summed E-state index contributed by atoms with van der Waals surface area (Å²) in [4.78, 5) is 13.7. The predicted octanol–water partition coefficient (Wildman–Crippen LogP) is 1.88. The van der Waals surface area contributed by atoms with Crippen LogP contribution in [0.25, 0.3) is 0 Å². The minimum Gasteiger partial charge on any atom is -0.379 e. The molecule has 2 rings (SSSR count). The fourth-order valence-electron chi connectivity index (χ4n) is 3.06. The van der Waals surface area contributed by atoms with Crippen molar-refractivity contribution in [3.8, 4) is 0 Å². The quantitative estimate of drug-likeness (QED) is 0.646. The van der Waals surface area contributed by atoms with E-state index in [2.05, 4.69) is 0 Å². The summed E-state index contributed by atoms with van der Waals surface area (Å²) < 4.78 is 77.4. The first kappa shape index (κ1) is 19.1. The van der Waals surface area contributed by atoms with E-state index in [4.69, 9.17) is 0 Å². The molecule has 2 N–H and O–H groups in total. The molecule has 2 fully saturated rings. The summed E-state index contributed by atoms with van der Waals surface area (Å²) in [7, 11) is 0. The smallest absolute Gasteiger partial charge is 0.379 e. The van der Waals surface area contributed by atoms with Crippen LogP contribution in [-0.2, 0) is 0 Å². The standard InChI is InChI=1S/C13H18F6N2O3/c14-12(15,16)10(23)3-1-5-20(7-10)9(22)21-6-2-4-11(24,8-21)13(17,18)19/h23-24H,1-8H2. The molecule has 0 spiro atoms. The van der Waals surface area contributed by atoms with E-state index >= 15 is 0 Å². The van der Waals surface area contributed by atoms with Gasteiger partial charge in [-0.3, -0.25) is 0 Å². The van der Waals surface area contributed by atoms with Gasteiger partial charge in [0.25, 0.3) is 0 Å². The minimum atomic E-state index is -4.94. The lowest BCUT2D eigenvalue weighted by atomic mass is 9.91. The van der Waals surface area contributed by atoms with Gasteiger partial charge in [-0.25, -0.2) is 4.79 Å². The number of piperidine rings is 2. The van der Waals surface area contributed by atoms with E-state index in [-0.39, 0.29) is 25.9 Å². The van der Waals surface area contributed by atoms with Gasteiger partial charge in [0, 0.05) is 13.1 Å². The molecule has 2 atom stereocenters. The third-order valence-electron chi connectivity index (χ3n) is 4.54. The lowest BCUT2D eigenvalue weighted by Crippen LogP contribution is -2.63. The van der Waals surface area contributed by atoms with E-state index in [0.29, 0.717) is 9.80 Å². The summed E-state index contributed by atoms with van der Waals surface area (Å²) in [5, 5.41) is 19.4. The van der Waals surface area contributed by atoms with Gasteiger partial charge in [0.05, 0.1) is 13.1 Å². The van der Waals surface area contributed by atoms with Crippen molar-refractivity contribution in [2.24, 2.45) is 0 Å². The Bertz CT molecular complexity index is 455.